The number of aromatic nitrogens is 3. The summed E-state index contributed by atoms with van der Waals surface area (Å²) in [7, 11) is 2.12. The average Bonchev–Trinajstić information content (AvgIpc) is 3.05. The average molecular weight is 386 g/mol. The van der Waals surface area contributed by atoms with Gasteiger partial charge in [0.2, 0.25) is 0 Å². The highest BCUT2D eigenvalue weighted by atomic mass is 35.5. The second-order valence-corrected chi connectivity index (χ2v) is 9.53. The third-order valence-electron chi connectivity index (χ3n) is 7.43. The molecule has 0 radical (unpaired) electrons. The highest BCUT2D eigenvalue weighted by Crippen LogP contribution is 2.59. The van der Waals surface area contributed by atoms with Gasteiger partial charge in [-0.2, -0.15) is 0 Å². The molecule has 0 spiro atoms. The number of nitrogens with zero attached hydrogens (tertiary/aromatic N) is 3. The predicted molar refractivity (Wildman–Crippen MR) is 112 cm³/mol. The Kier molecular flexibility index (Phi) is 5.09. The molecule has 3 fully saturated rings. The normalized spacial score (nSPS) is 27.3. The fraction of sp³-hybridized carbons (Fsp3) is 0.652. The van der Waals surface area contributed by atoms with Crippen LogP contribution in [0.3, 0.4) is 0 Å². The maximum Gasteiger partial charge on any atom is 0.165 e. The zero-order valence-electron chi connectivity index (χ0n) is 17.0. The van der Waals surface area contributed by atoms with Gasteiger partial charge in [0.05, 0.1) is 5.02 Å². The molecule has 5 rings (SSSR count). The minimum absolute atomic E-state index is 0.226. The van der Waals surface area contributed by atoms with Crippen LogP contribution in [0.25, 0.3) is 11.4 Å². The van der Waals surface area contributed by atoms with Crippen LogP contribution in [-0.2, 0) is 12.5 Å². The zero-order valence-corrected chi connectivity index (χ0v) is 17.8. The predicted octanol–water partition coefficient (Wildman–Crippen LogP) is 6.62. The molecule has 3 saturated carbocycles. The Labute approximate surface area is 168 Å². The SMILES string of the molecule is CCCCCC12CCC(c3nnc(-c4ccc(C)cc4Cl)n3C)(CC1)CC2. The van der Waals surface area contributed by atoms with Crippen molar-refractivity contribution in [1.82, 2.24) is 14.8 Å². The van der Waals surface area contributed by atoms with Crippen LogP contribution in [0.5, 0.6) is 0 Å². The monoisotopic (exact) mass is 385 g/mol. The summed E-state index contributed by atoms with van der Waals surface area (Å²) in [6.07, 6.45) is 13.5. The lowest BCUT2D eigenvalue weighted by Crippen LogP contribution is -2.45. The fourth-order valence-electron chi connectivity index (χ4n) is 5.55. The summed E-state index contributed by atoms with van der Waals surface area (Å²) in [4.78, 5) is 0. The molecule has 4 heteroatoms. The number of rotatable bonds is 6. The minimum atomic E-state index is 0.226. The number of unbranched alkanes of at least 4 members (excludes halogenated alkanes) is 2. The van der Waals surface area contributed by atoms with E-state index in [1.807, 2.05) is 6.07 Å². The lowest BCUT2D eigenvalue weighted by atomic mass is 9.52. The molecule has 27 heavy (non-hydrogen) atoms. The standard InChI is InChI=1S/C23H32ClN3/c1-4-5-6-9-22-10-13-23(14-11-22,15-12-22)21-26-25-20(27(21)3)18-8-7-17(2)16-19(18)24/h7-8,16H,4-6,9-15H2,1-3H3. The highest BCUT2D eigenvalue weighted by Gasteiger charge is 2.51. The van der Waals surface area contributed by atoms with Gasteiger partial charge in [-0.25, -0.2) is 0 Å². The summed E-state index contributed by atoms with van der Waals surface area (Å²) in [6, 6.07) is 6.18. The molecule has 3 aliphatic rings. The van der Waals surface area contributed by atoms with E-state index in [1.54, 1.807) is 0 Å². The van der Waals surface area contributed by atoms with Gasteiger partial charge in [0.1, 0.15) is 5.82 Å². The van der Waals surface area contributed by atoms with E-state index in [0.717, 1.165) is 16.4 Å². The van der Waals surface area contributed by atoms with Gasteiger partial charge in [0, 0.05) is 18.0 Å². The highest BCUT2D eigenvalue weighted by molar-refractivity contribution is 6.33. The van der Waals surface area contributed by atoms with Crippen LogP contribution in [0.4, 0.5) is 0 Å². The molecule has 1 heterocycles. The Morgan fingerprint density at radius 2 is 1.74 bits per heavy atom. The van der Waals surface area contributed by atoms with Crippen LogP contribution in [0.1, 0.15) is 82.5 Å². The number of benzene rings is 1. The lowest BCUT2D eigenvalue weighted by molar-refractivity contribution is 0.0250. The summed E-state index contributed by atoms with van der Waals surface area (Å²) in [5, 5.41) is 10.0. The van der Waals surface area contributed by atoms with E-state index in [9.17, 15) is 0 Å². The van der Waals surface area contributed by atoms with Crippen LogP contribution in [0.15, 0.2) is 18.2 Å². The molecule has 1 aromatic carbocycles. The van der Waals surface area contributed by atoms with E-state index in [0.29, 0.717) is 5.41 Å². The first kappa shape index (κ1) is 19.0. The molecule has 2 aromatic rings. The van der Waals surface area contributed by atoms with Crippen molar-refractivity contribution in [2.24, 2.45) is 12.5 Å². The number of fused-ring (bicyclic) bond motifs is 3. The molecule has 0 amide bonds. The fourth-order valence-corrected chi connectivity index (χ4v) is 5.87. The maximum absolute atomic E-state index is 6.51. The smallest absolute Gasteiger partial charge is 0.165 e. The summed E-state index contributed by atoms with van der Waals surface area (Å²) in [5.41, 5.74) is 3.01. The summed E-state index contributed by atoms with van der Waals surface area (Å²) in [6.45, 7) is 4.37. The van der Waals surface area contributed by atoms with Crippen molar-refractivity contribution in [1.29, 1.82) is 0 Å². The molecule has 0 atom stereocenters. The first-order valence-corrected chi connectivity index (χ1v) is 11.0. The molecule has 2 bridgehead atoms. The topological polar surface area (TPSA) is 30.7 Å². The molecule has 146 valence electrons. The lowest BCUT2D eigenvalue weighted by Gasteiger charge is -2.53. The van der Waals surface area contributed by atoms with Crippen molar-refractivity contribution < 1.29 is 0 Å². The van der Waals surface area contributed by atoms with Crippen LogP contribution < -0.4 is 0 Å². The van der Waals surface area contributed by atoms with E-state index < -0.39 is 0 Å². The van der Waals surface area contributed by atoms with Crippen molar-refractivity contribution in [3.05, 3.63) is 34.6 Å². The van der Waals surface area contributed by atoms with Gasteiger partial charge in [-0.1, -0.05) is 43.9 Å². The Morgan fingerprint density at radius 1 is 1.04 bits per heavy atom. The van der Waals surface area contributed by atoms with Crippen LogP contribution in [0.2, 0.25) is 5.02 Å². The molecule has 0 unspecified atom stereocenters. The van der Waals surface area contributed by atoms with E-state index in [-0.39, 0.29) is 5.41 Å². The van der Waals surface area contributed by atoms with Gasteiger partial charge < -0.3 is 4.57 Å². The molecule has 3 nitrogen and oxygen atoms in total. The second kappa shape index (κ2) is 7.24. The Hall–Kier alpha value is -1.35. The summed E-state index contributed by atoms with van der Waals surface area (Å²) in [5.74, 6) is 2.07. The molecule has 3 aliphatic carbocycles. The number of aryl methyl sites for hydroxylation is 1. The van der Waals surface area contributed by atoms with E-state index in [2.05, 4.69) is 42.7 Å². The third-order valence-corrected chi connectivity index (χ3v) is 7.74. The molecule has 0 aliphatic heterocycles. The second-order valence-electron chi connectivity index (χ2n) is 9.13. The van der Waals surface area contributed by atoms with Gasteiger partial charge in [0.15, 0.2) is 5.82 Å². The van der Waals surface area contributed by atoms with Gasteiger partial charge in [0.25, 0.3) is 0 Å². The van der Waals surface area contributed by atoms with E-state index in [4.69, 9.17) is 16.7 Å². The van der Waals surface area contributed by atoms with E-state index in [1.165, 1.54) is 75.6 Å². The van der Waals surface area contributed by atoms with Crippen molar-refractivity contribution in [3.8, 4) is 11.4 Å². The number of hydrogen-bond donors (Lipinski definition) is 0. The van der Waals surface area contributed by atoms with Crippen molar-refractivity contribution in [2.75, 3.05) is 0 Å². The Bertz CT molecular complexity index is 798. The molecule has 0 N–H and O–H groups in total. The first-order valence-electron chi connectivity index (χ1n) is 10.7. The zero-order chi connectivity index (χ0) is 19.1. The van der Waals surface area contributed by atoms with Crippen molar-refractivity contribution in [3.63, 3.8) is 0 Å². The van der Waals surface area contributed by atoms with Crippen LogP contribution in [-0.4, -0.2) is 14.8 Å². The summed E-state index contributed by atoms with van der Waals surface area (Å²) >= 11 is 6.51. The van der Waals surface area contributed by atoms with Gasteiger partial charge in [-0.05, 0) is 75.0 Å². The molecular formula is C23H32ClN3. The quantitative estimate of drug-likeness (QED) is 0.523. The van der Waals surface area contributed by atoms with Gasteiger partial charge in [-0.3, -0.25) is 0 Å². The van der Waals surface area contributed by atoms with Gasteiger partial charge >= 0.3 is 0 Å². The Morgan fingerprint density at radius 3 is 2.37 bits per heavy atom. The number of halogens is 1. The van der Waals surface area contributed by atoms with Crippen LogP contribution in [0, 0.1) is 12.3 Å². The van der Waals surface area contributed by atoms with E-state index >= 15 is 0 Å². The minimum Gasteiger partial charge on any atom is -0.314 e. The first-order chi connectivity index (χ1) is 13.0. The molecular weight excluding hydrogens is 354 g/mol. The van der Waals surface area contributed by atoms with Crippen molar-refractivity contribution >= 4 is 11.6 Å². The third kappa shape index (κ3) is 3.33. The van der Waals surface area contributed by atoms with Crippen molar-refractivity contribution in [2.45, 2.75) is 83.5 Å². The molecule has 0 saturated heterocycles. The number of hydrogen-bond acceptors (Lipinski definition) is 2. The summed E-state index contributed by atoms with van der Waals surface area (Å²) < 4.78 is 2.21. The maximum atomic E-state index is 6.51. The Balaban J connectivity index is 1.57. The van der Waals surface area contributed by atoms with Crippen LogP contribution >= 0.6 is 11.6 Å². The largest absolute Gasteiger partial charge is 0.314 e. The molecule has 1 aromatic heterocycles. The van der Waals surface area contributed by atoms with Gasteiger partial charge in [-0.15, -0.1) is 10.2 Å².